The third kappa shape index (κ3) is 7.07. The van der Waals surface area contributed by atoms with Gasteiger partial charge in [0.15, 0.2) is 0 Å². The molecule has 4 heteroatoms. The number of carboxylic acid groups (broad SMARTS) is 1. The van der Waals surface area contributed by atoms with Gasteiger partial charge in [-0.3, -0.25) is 0 Å². The van der Waals surface area contributed by atoms with Crippen molar-refractivity contribution in [2.45, 2.75) is 69.6 Å². The molecule has 1 atom stereocenters. The second-order valence-corrected chi connectivity index (χ2v) is 6.92. The SMILES string of the molecule is CCCCCCCCCCCSC1(C(=O)O)C=CC=CN1. The second-order valence-electron chi connectivity index (χ2n) is 5.58. The van der Waals surface area contributed by atoms with Crippen LogP contribution in [-0.4, -0.2) is 21.7 Å². The van der Waals surface area contributed by atoms with Gasteiger partial charge in [-0.1, -0.05) is 64.4 Å². The summed E-state index contributed by atoms with van der Waals surface area (Å²) in [6.45, 7) is 2.24. The lowest BCUT2D eigenvalue weighted by molar-refractivity contribution is -0.139. The minimum absolute atomic E-state index is 0.816. The van der Waals surface area contributed by atoms with E-state index in [2.05, 4.69) is 12.2 Å². The number of nitrogens with one attached hydrogen (secondary N) is 1. The average Bonchev–Trinajstić information content (AvgIpc) is 2.50. The van der Waals surface area contributed by atoms with Gasteiger partial charge in [-0.05, 0) is 30.5 Å². The van der Waals surface area contributed by atoms with E-state index in [4.69, 9.17) is 0 Å². The maximum atomic E-state index is 11.4. The van der Waals surface area contributed by atoms with Gasteiger partial charge in [0.05, 0.1) is 0 Å². The third-order valence-corrected chi connectivity index (χ3v) is 5.11. The predicted octanol–water partition coefficient (Wildman–Crippen LogP) is 4.70. The van der Waals surface area contributed by atoms with Gasteiger partial charge >= 0.3 is 5.97 Å². The van der Waals surface area contributed by atoms with E-state index >= 15 is 0 Å². The van der Waals surface area contributed by atoms with Crippen molar-refractivity contribution < 1.29 is 9.90 Å². The smallest absolute Gasteiger partial charge is 0.344 e. The summed E-state index contributed by atoms with van der Waals surface area (Å²) in [5.41, 5.74) is 0. The van der Waals surface area contributed by atoms with Crippen molar-refractivity contribution in [1.82, 2.24) is 5.32 Å². The first-order chi connectivity index (χ1) is 10.2. The molecule has 0 aromatic carbocycles. The number of allylic oxidation sites excluding steroid dienone is 2. The van der Waals surface area contributed by atoms with Crippen molar-refractivity contribution in [1.29, 1.82) is 0 Å². The van der Waals surface area contributed by atoms with E-state index in [-0.39, 0.29) is 0 Å². The molecule has 3 nitrogen and oxygen atoms in total. The number of carbonyl (C=O) groups is 1. The molecule has 2 N–H and O–H groups in total. The normalized spacial score (nSPS) is 20.4. The van der Waals surface area contributed by atoms with Crippen molar-refractivity contribution >= 4 is 17.7 Å². The fourth-order valence-corrected chi connectivity index (χ4v) is 3.52. The Hall–Kier alpha value is -0.900. The van der Waals surface area contributed by atoms with E-state index < -0.39 is 10.8 Å². The fourth-order valence-electron chi connectivity index (χ4n) is 2.40. The molecule has 120 valence electrons. The molecule has 1 rings (SSSR count). The highest BCUT2D eigenvalue weighted by Gasteiger charge is 2.35. The van der Waals surface area contributed by atoms with Crippen molar-refractivity contribution in [3.8, 4) is 0 Å². The lowest BCUT2D eigenvalue weighted by atomic mass is 10.1. The number of thioether (sulfide) groups is 1. The van der Waals surface area contributed by atoms with Gasteiger partial charge < -0.3 is 10.4 Å². The number of rotatable bonds is 12. The lowest BCUT2D eigenvalue weighted by Gasteiger charge is -2.27. The molecular weight excluding hydrogens is 282 g/mol. The maximum absolute atomic E-state index is 11.4. The monoisotopic (exact) mass is 311 g/mol. The first-order valence-corrected chi connectivity index (χ1v) is 9.19. The van der Waals surface area contributed by atoms with Crippen LogP contribution in [0, 0.1) is 0 Å². The van der Waals surface area contributed by atoms with Crippen LogP contribution in [0.25, 0.3) is 0 Å². The van der Waals surface area contributed by atoms with Gasteiger partial charge in [0.2, 0.25) is 4.87 Å². The molecular formula is C17H29NO2S. The highest BCUT2D eigenvalue weighted by atomic mass is 32.2. The summed E-state index contributed by atoms with van der Waals surface area (Å²) in [6.07, 6.45) is 18.7. The molecule has 1 aliphatic rings. The molecule has 0 fully saturated rings. The summed E-state index contributed by atoms with van der Waals surface area (Å²) in [5.74, 6) is 0.0665. The Morgan fingerprint density at radius 3 is 2.19 bits per heavy atom. The van der Waals surface area contributed by atoms with E-state index in [0.717, 1.165) is 12.2 Å². The quantitative estimate of drug-likeness (QED) is 0.513. The molecule has 0 radical (unpaired) electrons. The summed E-state index contributed by atoms with van der Waals surface area (Å²) >= 11 is 1.48. The Kier molecular flexibility index (Phi) is 9.31. The Bertz CT molecular complexity index is 355. The van der Waals surface area contributed by atoms with Gasteiger partial charge in [0.1, 0.15) is 0 Å². The number of hydrogen-bond acceptors (Lipinski definition) is 3. The largest absolute Gasteiger partial charge is 0.479 e. The Labute approximate surface area is 133 Å². The minimum Gasteiger partial charge on any atom is -0.479 e. The molecule has 21 heavy (non-hydrogen) atoms. The Morgan fingerprint density at radius 1 is 1.05 bits per heavy atom. The Morgan fingerprint density at radius 2 is 1.67 bits per heavy atom. The van der Waals surface area contributed by atoms with E-state index in [1.165, 1.54) is 63.1 Å². The predicted molar refractivity (Wildman–Crippen MR) is 91.5 cm³/mol. The van der Waals surface area contributed by atoms with Crippen LogP contribution < -0.4 is 5.32 Å². The van der Waals surface area contributed by atoms with Crippen LogP contribution in [-0.2, 0) is 4.79 Å². The third-order valence-electron chi connectivity index (χ3n) is 3.73. The van der Waals surface area contributed by atoms with Crippen molar-refractivity contribution in [2.24, 2.45) is 0 Å². The summed E-state index contributed by atoms with van der Waals surface area (Å²) in [7, 11) is 0. The molecule has 0 aromatic heterocycles. The summed E-state index contributed by atoms with van der Waals surface area (Å²) in [4.78, 5) is 10.4. The molecule has 0 saturated carbocycles. The number of aliphatic carboxylic acids is 1. The molecule has 0 amide bonds. The molecule has 1 unspecified atom stereocenters. The van der Waals surface area contributed by atoms with Crippen LogP contribution in [0.4, 0.5) is 0 Å². The van der Waals surface area contributed by atoms with Gasteiger partial charge in [-0.15, -0.1) is 11.8 Å². The molecule has 0 saturated heterocycles. The standard InChI is InChI=1S/C17H29NO2S/c1-2-3-4-5-6-7-8-9-12-15-21-17(16(19)20)13-10-11-14-18-17/h10-11,13-14,18H,2-9,12,15H2,1H3,(H,19,20). The minimum atomic E-state index is -0.963. The second kappa shape index (κ2) is 10.8. The number of carboxylic acids is 1. The van der Waals surface area contributed by atoms with Gasteiger partial charge in [-0.25, -0.2) is 4.79 Å². The molecule has 0 bridgehead atoms. The van der Waals surface area contributed by atoms with Crippen LogP contribution in [0.5, 0.6) is 0 Å². The van der Waals surface area contributed by atoms with Crippen LogP contribution >= 0.6 is 11.8 Å². The zero-order chi connectivity index (χ0) is 15.4. The van der Waals surface area contributed by atoms with Gasteiger partial charge in [-0.2, -0.15) is 0 Å². The molecule has 1 aliphatic heterocycles. The summed E-state index contributed by atoms with van der Waals surface area (Å²) in [5, 5.41) is 12.3. The van der Waals surface area contributed by atoms with Gasteiger partial charge in [0.25, 0.3) is 0 Å². The topological polar surface area (TPSA) is 49.3 Å². The average molecular weight is 311 g/mol. The highest BCUT2D eigenvalue weighted by Crippen LogP contribution is 2.28. The van der Waals surface area contributed by atoms with E-state index in [1.807, 2.05) is 6.08 Å². The van der Waals surface area contributed by atoms with Crippen LogP contribution in [0.3, 0.4) is 0 Å². The van der Waals surface area contributed by atoms with E-state index in [0.29, 0.717) is 0 Å². The molecule has 0 aliphatic carbocycles. The molecule has 1 heterocycles. The van der Waals surface area contributed by atoms with E-state index in [1.54, 1.807) is 18.4 Å². The number of hydrogen-bond donors (Lipinski definition) is 2. The number of dihydropyridines is 1. The van der Waals surface area contributed by atoms with Crippen LogP contribution in [0.2, 0.25) is 0 Å². The summed E-state index contributed by atoms with van der Waals surface area (Å²) in [6, 6.07) is 0. The summed E-state index contributed by atoms with van der Waals surface area (Å²) < 4.78 is 0. The fraction of sp³-hybridized carbons (Fsp3) is 0.706. The van der Waals surface area contributed by atoms with E-state index in [9.17, 15) is 9.90 Å². The number of unbranched alkanes of at least 4 members (excludes halogenated alkanes) is 8. The van der Waals surface area contributed by atoms with Crippen LogP contribution in [0.15, 0.2) is 24.4 Å². The van der Waals surface area contributed by atoms with Crippen molar-refractivity contribution in [2.75, 3.05) is 5.75 Å². The first kappa shape index (κ1) is 18.1. The van der Waals surface area contributed by atoms with Gasteiger partial charge in [0, 0.05) is 0 Å². The Balaban J connectivity index is 2.04. The van der Waals surface area contributed by atoms with Crippen molar-refractivity contribution in [3.63, 3.8) is 0 Å². The zero-order valence-electron chi connectivity index (χ0n) is 13.1. The van der Waals surface area contributed by atoms with Crippen molar-refractivity contribution in [3.05, 3.63) is 24.4 Å². The lowest BCUT2D eigenvalue weighted by Crippen LogP contribution is -2.46. The molecule has 0 spiro atoms. The maximum Gasteiger partial charge on any atom is 0.344 e. The van der Waals surface area contributed by atoms with Crippen LogP contribution in [0.1, 0.15) is 64.7 Å². The zero-order valence-corrected chi connectivity index (χ0v) is 14.0. The highest BCUT2D eigenvalue weighted by molar-refractivity contribution is 8.01. The molecule has 0 aromatic rings. The first-order valence-electron chi connectivity index (χ1n) is 8.20.